The Morgan fingerprint density at radius 2 is 1.41 bits per heavy atom. The predicted molar refractivity (Wildman–Crippen MR) is 89.4 cm³/mol. The lowest BCUT2D eigenvalue weighted by Gasteiger charge is -2.20. The van der Waals surface area contributed by atoms with Crippen LogP contribution in [0, 0.1) is 0 Å². The second kappa shape index (κ2) is 5.73. The molecule has 1 aromatic heterocycles. The molecule has 3 rings (SSSR count). The van der Waals surface area contributed by atoms with E-state index in [1.807, 2.05) is 75.4 Å². The minimum absolute atomic E-state index is 0.318. The van der Waals surface area contributed by atoms with Crippen LogP contribution >= 0.6 is 0 Å². The van der Waals surface area contributed by atoms with E-state index in [1.54, 1.807) is 0 Å². The van der Waals surface area contributed by atoms with Crippen LogP contribution in [-0.4, -0.2) is 15.6 Å². The summed E-state index contributed by atoms with van der Waals surface area (Å²) >= 11 is 0. The minimum Gasteiger partial charge on any atom is -0.269 e. The van der Waals surface area contributed by atoms with Crippen molar-refractivity contribution < 1.29 is 4.84 Å². The zero-order chi connectivity index (χ0) is 15.6. The van der Waals surface area contributed by atoms with E-state index in [-0.39, 0.29) is 5.60 Å². The summed E-state index contributed by atoms with van der Waals surface area (Å²) in [5, 5.41) is 0. The SMILES string of the molecule is CC(C)(C)ONc1nc2ccccc2nc1-c1ccccc1. The summed E-state index contributed by atoms with van der Waals surface area (Å²) in [6.07, 6.45) is 0. The second-order valence-corrected chi connectivity index (χ2v) is 6.09. The summed E-state index contributed by atoms with van der Waals surface area (Å²) in [6.45, 7) is 5.95. The maximum atomic E-state index is 5.67. The molecule has 22 heavy (non-hydrogen) atoms. The van der Waals surface area contributed by atoms with Gasteiger partial charge >= 0.3 is 0 Å². The topological polar surface area (TPSA) is 47.0 Å². The van der Waals surface area contributed by atoms with Gasteiger partial charge in [0.05, 0.1) is 16.6 Å². The van der Waals surface area contributed by atoms with Crippen LogP contribution in [0.3, 0.4) is 0 Å². The van der Waals surface area contributed by atoms with Gasteiger partial charge in [-0.15, -0.1) is 0 Å². The molecule has 0 aliphatic rings. The molecule has 0 radical (unpaired) electrons. The van der Waals surface area contributed by atoms with Crippen molar-refractivity contribution in [3.05, 3.63) is 54.6 Å². The highest BCUT2D eigenvalue weighted by molar-refractivity contribution is 5.82. The Bertz CT molecular complexity index is 779. The van der Waals surface area contributed by atoms with Crippen LogP contribution in [0.15, 0.2) is 54.6 Å². The number of hydrogen-bond donors (Lipinski definition) is 1. The quantitative estimate of drug-likeness (QED) is 0.725. The van der Waals surface area contributed by atoms with Crippen molar-refractivity contribution in [3.8, 4) is 11.3 Å². The number of nitrogens with zero attached hydrogens (tertiary/aromatic N) is 2. The maximum Gasteiger partial charge on any atom is 0.177 e. The minimum atomic E-state index is -0.318. The van der Waals surface area contributed by atoms with Crippen molar-refractivity contribution in [2.45, 2.75) is 26.4 Å². The highest BCUT2D eigenvalue weighted by Crippen LogP contribution is 2.27. The Hall–Kier alpha value is -2.46. The predicted octanol–water partition coefficient (Wildman–Crippen LogP) is 4.44. The van der Waals surface area contributed by atoms with E-state index in [1.165, 1.54) is 0 Å². The number of hydrogen-bond acceptors (Lipinski definition) is 4. The number of nitrogens with one attached hydrogen (secondary N) is 1. The van der Waals surface area contributed by atoms with E-state index in [0.29, 0.717) is 5.82 Å². The summed E-state index contributed by atoms with van der Waals surface area (Å²) in [7, 11) is 0. The first kappa shape index (κ1) is 14.5. The molecule has 4 heteroatoms. The second-order valence-electron chi connectivity index (χ2n) is 6.09. The van der Waals surface area contributed by atoms with Gasteiger partial charge in [-0.2, -0.15) is 0 Å². The van der Waals surface area contributed by atoms with Gasteiger partial charge in [-0.1, -0.05) is 42.5 Å². The van der Waals surface area contributed by atoms with E-state index < -0.39 is 0 Å². The average molecular weight is 293 g/mol. The van der Waals surface area contributed by atoms with Crippen molar-refractivity contribution in [1.82, 2.24) is 9.97 Å². The lowest BCUT2D eigenvalue weighted by molar-refractivity contribution is 0.0368. The molecule has 0 spiro atoms. The van der Waals surface area contributed by atoms with Gasteiger partial charge in [-0.05, 0) is 32.9 Å². The third kappa shape index (κ3) is 3.23. The van der Waals surface area contributed by atoms with Crippen LogP contribution in [0.5, 0.6) is 0 Å². The summed E-state index contributed by atoms with van der Waals surface area (Å²) < 4.78 is 0. The normalized spacial score (nSPS) is 11.6. The standard InChI is InChI=1S/C18H19N3O/c1-18(2,3)22-21-17-16(13-9-5-4-6-10-13)19-14-11-7-8-12-15(14)20-17/h4-12H,1-3H3,(H,20,21). The molecular formula is C18H19N3O. The molecule has 2 aromatic carbocycles. The van der Waals surface area contributed by atoms with Gasteiger partial charge in [0.15, 0.2) is 5.82 Å². The fraction of sp³-hybridized carbons (Fsp3) is 0.222. The Morgan fingerprint density at radius 3 is 2.05 bits per heavy atom. The number of para-hydroxylation sites is 2. The van der Waals surface area contributed by atoms with Gasteiger partial charge in [0.2, 0.25) is 0 Å². The summed E-state index contributed by atoms with van der Waals surface area (Å²) in [4.78, 5) is 15.1. The van der Waals surface area contributed by atoms with E-state index in [9.17, 15) is 0 Å². The molecule has 0 fully saturated rings. The van der Waals surface area contributed by atoms with E-state index in [0.717, 1.165) is 22.3 Å². The van der Waals surface area contributed by atoms with E-state index in [2.05, 4.69) is 10.5 Å². The molecule has 1 heterocycles. The fourth-order valence-electron chi connectivity index (χ4n) is 2.07. The Balaban J connectivity index is 2.10. The molecule has 0 atom stereocenters. The molecule has 4 nitrogen and oxygen atoms in total. The maximum absolute atomic E-state index is 5.67. The molecule has 0 aliphatic heterocycles. The number of rotatable bonds is 3. The van der Waals surface area contributed by atoms with Crippen LogP contribution in [0.1, 0.15) is 20.8 Å². The van der Waals surface area contributed by atoms with Crippen molar-refractivity contribution in [3.63, 3.8) is 0 Å². The molecule has 0 saturated heterocycles. The van der Waals surface area contributed by atoms with Gasteiger partial charge in [0, 0.05) is 5.56 Å². The first-order chi connectivity index (χ1) is 10.5. The van der Waals surface area contributed by atoms with E-state index in [4.69, 9.17) is 9.82 Å². The smallest absolute Gasteiger partial charge is 0.177 e. The average Bonchev–Trinajstić information content (AvgIpc) is 2.52. The van der Waals surface area contributed by atoms with Gasteiger partial charge in [0.25, 0.3) is 0 Å². The van der Waals surface area contributed by atoms with Crippen LogP contribution in [0.25, 0.3) is 22.3 Å². The first-order valence-electron chi connectivity index (χ1n) is 7.29. The molecule has 0 bridgehead atoms. The molecular weight excluding hydrogens is 274 g/mol. The van der Waals surface area contributed by atoms with Crippen molar-refractivity contribution >= 4 is 16.9 Å². The Labute approximate surface area is 130 Å². The zero-order valence-corrected chi connectivity index (χ0v) is 13.0. The molecule has 0 saturated carbocycles. The van der Waals surface area contributed by atoms with Crippen LogP contribution in [0.2, 0.25) is 0 Å². The van der Waals surface area contributed by atoms with Gasteiger partial charge < -0.3 is 0 Å². The van der Waals surface area contributed by atoms with Crippen molar-refractivity contribution in [2.75, 3.05) is 5.48 Å². The molecule has 0 amide bonds. The number of benzene rings is 2. The van der Waals surface area contributed by atoms with Crippen molar-refractivity contribution in [2.24, 2.45) is 0 Å². The molecule has 3 aromatic rings. The third-order valence-electron chi connectivity index (χ3n) is 3.07. The third-order valence-corrected chi connectivity index (χ3v) is 3.07. The largest absolute Gasteiger partial charge is 0.269 e. The molecule has 0 unspecified atom stereocenters. The number of anilines is 1. The monoisotopic (exact) mass is 293 g/mol. The first-order valence-corrected chi connectivity index (χ1v) is 7.29. The fourth-order valence-corrected chi connectivity index (χ4v) is 2.07. The van der Waals surface area contributed by atoms with Crippen molar-refractivity contribution in [1.29, 1.82) is 0 Å². The summed E-state index contributed by atoms with van der Waals surface area (Å²) in [5.41, 5.74) is 6.13. The Kier molecular flexibility index (Phi) is 3.77. The number of aromatic nitrogens is 2. The Morgan fingerprint density at radius 1 is 0.818 bits per heavy atom. The number of fused-ring (bicyclic) bond motifs is 1. The van der Waals surface area contributed by atoms with E-state index >= 15 is 0 Å². The van der Waals surface area contributed by atoms with Crippen LogP contribution in [-0.2, 0) is 4.84 Å². The highest BCUT2D eigenvalue weighted by Gasteiger charge is 2.15. The molecule has 1 N–H and O–H groups in total. The molecule has 0 aliphatic carbocycles. The van der Waals surface area contributed by atoms with Gasteiger partial charge in [-0.3, -0.25) is 4.84 Å². The van der Waals surface area contributed by atoms with Crippen LogP contribution < -0.4 is 5.48 Å². The summed E-state index contributed by atoms with van der Waals surface area (Å²) in [5.74, 6) is 0.625. The van der Waals surface area contributed by atoms with Gasteiger partial charge in [0.1, 0.15) is 5.69 Å². The zero-order valence-electron chi connectivity index (χ0n) is 13.0. The van der Waals surface area contributed by atoms with Gasteiger partial charge in [-0.25, -0.2) is 15.4 Å². The van der Waals surface area contributed by atoms with Crippen LogP contribution in [0.4, 0.5) is 5.82 Å². The summed E-state index contributed by atoms with van der Waals surface area (Å²) in [6, 6.07) is 17.8. The highest BCUT2D eigenvalue weighted by atomic mass is 16.7. The lowest BCUT2D eigenvalue weighted by Crippen LogP contribution is -2.23. The molecule has 112 valence electrons. The lowest BCUT2D eigenvalue weighted by atomic mass is 10.1.